The zero-order valence-corrected chi connectivity index (χ0v) is 11.0. The highest BCUT2D eigenvalue weighted by Crippen LogP contribution is 2.04. The second kappa shape index (κ2) is 9.04. The number of nitrogens with one attached hydrogen (secondary N) is 1. The number of ether oxygens (including phenoxy) is 1. The Hall–Kier alpha value is -0.220. The summed E-state index contributed by atoms with van der Waals surface area (Å²) in [4.78, 5) is 11.3. The Morgan fingerprint density at radius 1 is 1.40 bits per heavy atom. The van der Waals surface area contributed by atoms with Crippen LogP contribution in [0.2, 0.25) is 0 Å². The fraction of sp³-hybridized carbons (Fsp3) is 0.909. The van der Waals surface area contributed by atoms with Crippen LogP contribution in [0.25, 0.3) is 0 Å². The molecular formula is C11H23NO2S. The van der Waals surface area contributed by atoms with Gasteiger partial charge in [-0.2, -0.15) is 11.8 Å². The van der Waals surface area contributed by atoms with Crippen molar-refractivity contribution in [2.45, 2.75) is 46.2 Å². The smallest absolute Gasteiger partial charge is 0.322 e. The van der Waals surface area contributed by atoms with Crippen LogP contribution in [0.15, 0.2) is 0 Å². The highest BCUT2D eigenvalue weighted by atomic mass is 32.2. The zero-order valence-electron chi connectivity index (χ0n) is 10.2. The molecule has 0 saturated carbocycles. The monoisotopic (exact) mass is 233 g/mol. The van der Waals surface area contributed by atoms with Gasteiger partial charge in [0.1, 0.15) is 6.04 Å². The van der Waals surface area contributed by atoms with Gasteiger partial charge in [-0.05, 0) is 38.7 Å². The molecule has 0 saturated heterocycles. The summed E-state index contributed by atoms with van der Waals surface area (Å²) < 4.78 is 4.92. The first kappa shape index (κ1) is 14.8. The van der Waals surface area contributed by atoms with Crippen LogP contribution >= 0.6 is 11.8 Å². The van der Waals surface area contributed by atoms with Crippen molar-refractivity contribution in [3.63, 3.8) is 0 Å². The van der Waals surface area contributed by atoms with Crippen molar-refractivity contribution in [3.8, 4) is 0 Å². The van der Waals surface area contributed by atoms with Gasteiger partial charge in [-0.3, -0.25) is 4.79 Å². The van der Waals surface area contributed by atoms with E-state index in [0.29, 0.717) is 12.6 Å². The molecule has 15 heavy (non-hydrogen) atoms. The summed E-state index contributed by atoms with van der Waals surface area (Å²) in [6.07, 6.45) is 1.09. The molecular weight excluding hydrogens is 210 g/mol. The van der Waals surface area contributed by atoms with Crippen molar-refractivity contribution in [3.05, 3.63) is 0 Å². The largest absolute Gasteiger partial charge is 0.465 e. The van der Waals surface area contributed by atoms with Gasteiger partial charge in [0.05, 0.1) is 6.61 Å². The molecule has 0 radical (unpaired) electrons. The zero-order chi connectivity index (χ0) is 11.7. The van der Waals surface area contributed by atoms with E-state index >= 15 is 0 Å². The molecule has 0 rings (SSSR count). The van der Waals surface area contributed by atoms with Crippen LogP contribution in [0, 0.1) is 0 Å². The van der Waals surface area contributed by atoms with Crippen LogP contribution in [0.3, 0.4) is 0 Å². The number of hydrogen-bond acceptors (Lipinski definition) is 4. The van der Waals surface area contributed by atoms with Crippen molar-refractivity contribution in [1.29, 1.82) is 0 Å². The molecule has 0 amide bonds. The molecule has 2 unspecified atom stereocenters. The van der Waals surface area contributed by atoms with E-state index in [2.05, 4.69) is 19.2 Å². The lowest BCUT2D eigenvalue weighted by molar-refractivity contribution is -0.145. The van der Waals surface area contributed by atoms with Crippen molar-refractivity contribution in [1.82, 2.24) is 5.32 Å². The lowest BCUT2D eigenvalue weighted by Gasteiger charge is -2.18. The first-order valence-corrected chi connectivity index (χ1v) is 6.77. The molecule has 0 aliphatic rings. The van der Waals surface area contributed by atoms with Gasteiger partial charge in [0.2, 0.25) is 0 Å². The van der Waals surface area contributed by atoms with Crippen LogP contribution in [-0.2, 0) is 9.53 Å². The molecule has 0 fully saturated rings. The molecule has 0 aliphatic carbocycles. The number of carbonyl (C=O) groups excluding carboxylic acids is 1. The van der Waals surface area contributed by atoms with Gasteiger partial charge in [0, 0.05) is 6.04 Å². The highest BCUT2D eigenvalue weighted by Gasteiger charge is 2.15. The highest BCUT2D eigenvalue weighted by molar-refractivity contribution is 7.99. The molecule has 0 aromatic carbocycles. The van der Waals surface area contributed by atoms with Gasteiger partial charge in [-0.1, -0.05) is 6.92 Å². The molecule has 90 valence electrons. The summed E-state index contributed by atoms with van der Waals surface area (Å²) in [5.41, 5.74) is 0. The average molecular weight is 233 g/mol. The predicted molar refractivity (Wildman–Crippen MR) is 66.3 cm³/mol. The second-order valence-corrected chi connectivity index (χ2v) is 4.92. The molecule has 0 aliphatic heterocycles. The van der Waals surface area contributed by atoms with Gasteiger partial charge in [0.25, 0.3) is 0 Å². The number of esters is 1. The Labute approximate surface area is 97.3 Å². The third kappa shape index (κ3) is 7.68. The topological polar surface area (TPSA) is 38.3 Å². The van der Waals surface area contributed by atoms with Crippen molar-refractivity contribution >= 4 is 17.7 Å². The van der Waals surface area contributed by atoms with Gasteiger partial charge < -0.3 is 10.1 Å². The number of carbonyl (C=O) groups is 1. The van der Waals surface area contributed by atoms with Crippen LogP contribution < -0.4 is 5.32 Å². The predicted octanol–water partition coefficient (Wildman–Crippen LogP) is 2.06. The fourth-order valence-electron chi connectivity index (χ4n) is 1.25. The Balaban J connectivity index is 3.65. The number of thioether (sulfide) groups is 1. The minimum atomic E-state index is -0.202. The van der Waals surface area contributed by atoms with Crippen LogP contribution in [0.1, 0.15) is 34.1 Å². The van der Waals surface area contributed by atoms with E-state index in [0.717, 1.165) is 17.9 Å². The van der Waals surface area contributed by atoms with E-state index in [1.807, 2.05) is 25.6 Å². The summed E-state index contributed by atoms with van der Waals surface area (Å²) >= 11 is 1.93. The third-order valence-corrected chi connectivity index (χ3v) is 3.01. The quantitative estimate of drug-likeness (QED) is 0.514. The van der Waals surface area contributed by atoms with Crippen molar-refractivity contribution < 1.29 is 9.53 Å². The van der Waals surface area contributed by atoms with E-state index in [1.54, 1.807) is 0 Å². The fourth-order valence-corrected chi connectivity index (χ4v) is 2.06. The maximum absolute atomic E-state index is 11.3. The molecule has 1 N–H and O–H groups in total. The van der Waals surface area contributed by atoms with Crippen molar-refractivity contribution in [2.75, 3.05) is 18.1 Å². The van der Waals surface area contributed by atoms with Gasteiger partial charge in [-0.25, -0.2) is 0 Å². The molecule has 0 heterocycles. The van der Waals surface area contributed by atoms with E-state index in [9.17, 15) is 4.79 Å². The van der Waals surface area contributed by atoms with Crippen molar-refractivity contribution in [2.24, 2.45) is 0 Å². The molecule has 0 aromatic heterocycles. The Kier molecular flexibility index (Phi) is 8.91. The standard InChI is InChI=1S/C11H23NO2S/c1-5-14-11(13)10(4)12-9(3)7-8-15-6-2/h9-10,12H,5-8H2,1-4H3. The van der Waals surface area contributed by atoms with E-state index < -0.39 is 0 Å². The normalized spacial score (nSPS) is 14.7. The van der Waals surface area contributed by atoms with E-state index in [4.69, 9.17) is 4.74 Å². The van der Waals surface area contributed by atoms with Gasteiger partial charge in [-0.15, -0.1) is 0 Å². The second-order valence-electron chi connectivity index (χ2n) is 3.53. The molecule has 2 atom stereocenters. The Morgan fingerprint density at radius 2 is 2.07 bits per heavy atom. The molecule has 0 spiro atoms. The third-order valence-electron chi connectivity index (χ3n) is 2.07. The first-order chi connectivity index (χ1) is 7.11. The van der Waals surface area contributed by atoms with E-state index in [1.165, 1.54) is 0 Å². The average Bonchev–Trinajstić information content (AvgIpc) is 2.18. The van der Waals surface area contributed by atoms with Gasteiger partial charge >= 0.3 is 5.97 Å². The minimum Gasteiger partial charge on any atom is -0.465 e. The summed E-state index contributed by atoms with van der Waals surface area (Å²) in [6.45, 7) is 8.38. The SMILES string of the molecule is CCOC(=O)C(C)NC(C)CCSCC. The maximum Gasteiger partial charge on any atom is 0.322 e. The first-order valence-electron chi connectivity index (χ1n) is 5.62. The molecule has 0 aromatic rings. The molecule has 4 heteroatoms. The summed E-state index contributed by atoms with van der Waals surface area (Å²) in [6, 6.07) is 0.162. The summed E-state index contributed by atoms with van der Waals surface area (Å²) in [7, 11) is 0. The van der Waals surface area contributed by atoms with Crippen LogP contribution in [-0.4, -0.2) is 36.2 Å². The maximum atomic E-state index is 11.3. The minimum absolute atomic E-state index is 0.160. The van der Waals surface area contributed by atoms with Gasteiger partial charge in [0.15, 0.2) is 0 Å². The summed E-state index contributed by atoms with van der Waals surface area (Å²) in [5.74, 6) is 2.13. The summed E-state index contributed by atoms with van der Waals surface area (Å²) in [5, 5.41) is 3.24. The van der Waals surface area contributed by atoms with E-state index in [-0.39, 0.29) is 12.0 Å². The number of hydrogen-bond donors (Lipinski definition) is 1. The van der Waals surface area contributed by atoms with Crippen LogP contribution in [0.4, 0.5) is 0 Å². The van der Waals surface area contributed by atoms with Crippen LogP contribution in [0.5, 0.6) is 0 Å². The lowest BCUT2D eigenvalue weighted by Crippen LogP contribution is -2.41. The molecule has 0 bridgehead atoms. The Morgan fingerprint density at radius 3 is 2.60 bits per heavy atom. The Bertz CT molecular complexity index is 176. The lowest BCUT2D eigenvalue weighted by atomic mass is 10.2. The molecule has 3 nitrogen and oxygen atoms in total. The number of rotatable bonds is 8.